The zero-order valence-electron chi connectivity index (χ0n) is 8.17. The van der Waals surface area contributed by atoms with Gasteiger partial charge in [-0.25, -0.2) is 4.99 Å². The summed E-state index contributed by atoms with van der Waals surface area (Å²) in [6.45, 7) is 3.82. The van der Waals surface area contributed by atoms with Crippen molar-refractivity contribution in [3.05, 3.63) is 24.7 Å². The molecule has 0 spiro atoms. The van der Waals surface area contributed by atoms with Gasteiger partial charge in [-0.1, -0.05) is 6.58 Å². The zero-order chi connectivity index (χ0) is 10.8. The summed E-state index contributed by atoms with van der Waals surface area (Å²) in [7, 11) is 0. The van der Waals surface area contributed by atoms with E-state index < -0.39 is 0 Å². The molecule has 3 N–H and O–H groups in total. The number of nitrogens with two attached hydrogens (primary N) is 1. The Kier molecular flexibility index (Phi) is 2.99. The van der Waals surface area contributed by atoms with Crippen molar-refractivity contribution in [3.63, 3.8) is 0 Å². The molecule has 0 aromatic carbocycles. The third kappa shape index (κ3) is 2.17. The molecule has 0 unspecified atom stereocenters. The van der Waals surface area contributed by atoms with Gasteiger partial charge in [0.2, 0.25) is 0 Å². The van der Waals surface area contributed by atoms with Crippen molar-refractivity contribution in [2.24, 2.45) is 10.7 Å². The second kappa shape index (κ2) is 4.26. The number of aliphatic imine (C=N–C) groups is 1. The van der Waals surface area contributed by atoms with Crippen LogP contribution in [0.3, 0.4) is 0 Å². The number of rotatable bonds is 2. The molecule has 0 bridgehead atoms. The quantitative estimate of drug-likeness (QED) is 0.697. The minimum Gasteiger partial charge on any atom is -0.393 e. The first-order valence-electron chi connectivity index (χ1n) is 4.58. The lowest BCUT2D eigenvalue weighted by Crippen LogP contribution is -2.34. The highest BCUT2D eigenvalue weighted by atomic mass is 32.2. The number of hydrogen-bond acceptors (Lipinski definition) is 6. The van der Waals surface area contributed by atoms with E-state index in [0.29, 0.717) is 11.7 Å². The molecule has 5 nitrogen and oxygen atoms in total. The molecule has 0 saturated carbocycles. The minimum absolute atomic E-state index is 0.0244. The molecule has 0 aromatic rings. The van der Waals surface area contributed by atoms with E-state index in [4.69, 9.17) is 15.6 Å². The van der Waals surface area contributed by atoms with Crippen LogP contribution < -0.4 is 5.73 Å². The maximum Gasteiger partial charge on any atom is 0.145 e. The van der Waals surface area contributed by atoms with E-state index in [-0.39, 0.29) is 18.3 Å². The monoisotopic (exact) mass is 227 g/mol. The van der Waals surface area contributed by atoms with Crippen LogP contribution in [0.4, 0.5) is 0 Å². The van der Waals surface area contributed by atoms with Crippen LogP contribution in [0.25, 0.3) is 0 Å². The molecule has 0 amide bonds. The van der Waals surface area contributed by atoms with Crippen molar-refractivity contribution < 1.29 is 9.84 Å². The SMILES string of the molecule is C=C1N=C(N)C=CN1[C@H]1CS[C@@H](CO)O1. The van der Waals surface area contributed by atoms with Crippen molar-refractivity contribution in [3.8, 4) is 0 Å². The normalized spacial score (nSPS) is 30.9. The van der Waals surface area contributed by atoms with Gasteiger partial charge in [0.25, 0.3) is 0 Å². The minimum atomic E-state index is -0.153. The van der Waals surface area contributed by atoms with Crippen LogP contribution in [-0.2, 0) is 4.74 Å². The molecule has 0 aliphatic carbocycles. The summed E-state index contributed by atoms with van der Waals surface area (Å²) in [6, 6.07) is 0. The summed E-state index contributed by atoms with van der Waals surface area (Å²) >= 11 is 1.58. The molecule has 6 heteroatoms. The third-order valence-corrected chi connectivity index (χ3v) is 3.26. The van der Waals surface area contributed by atoms with Gasteiger partial charge >= 0.3 is 0 Å². The van der Waals surface area contributed by atoms with E-state index in [1.54, 1.807) is 24.0 Å². The van der Waals surface area contributed by atoms with E-state index in [1.807, 2.05) is 4.90 Å². The number of nitrogens with zero attached hydrogens (tertiary/aromatic N) is 2. The molecule has 1 fully saturated rings. The highest BCUT2D eigenvalue weighted by Crippen LogP contribution is 2.29. The maximum atomic E-state index is 8.94. The Bertz CT molecular complexity index is 329. The maximum absolute atomic E-state index is 8.94. The molecular weight excluding hydrogens is 214 g/mol. The van der Waals surface area contributed by atoms with Gasteiger partial charge in [0, 0.05) is 12.0 Å². The summed E-state index contributed by atoms with van der Waals surface area (Å²) in [6.07, 6.45) is 3.39. The first-order valence-corrected chi connectivity index (χ1v) is 5.63. The summed E-state index contributed by atoms with van der Waals surface area (Å²) in [5.74, 6) is 1.80. The molecule has 0 radical (unpaired) electrons. The summed E-state index contributed by atoms with van der Waals surface area (Å²) < 4.78 is 5.57. The lowest BCUT2D eigenvalue weighted by atomic mass is 10.4. The third-order valence-electron chi connectivity index (χ3n) is 2.15. The fraction of sp³-hybridized carbons (Fsp3) is 0.444. The Morgan fingerprint density at radius 1 is 1.80 bits per heavy atom. The second-order valence-electron chi connectivity index (χ2n) is 3.21. The van der Waals surface area contributed by atoms with Gasteiger partial charge in [0.1, 0.15) is 23.3 Å². The van der Waals surface area contributed by atoms with Crippen molar-refractivity contribution in [1.82, 2.24) is 4.90 Å². The second-order valence-corrected chi connectivity index (χ2v) is 4.40. The van der Waals surface area contributed by atoms with Crippen LogP contribution in [0, 0.1) is 0 Å². The number of thioether (sulfide) groups is 1. The van der Waals surface area contributed by atoms with E-state index in [1.165, 1.54) is 0 Å². The lowest BCUT2D eigenvalue weighted by Gasteiger charge is -2.28. The van der Waals surface area contributed by atoms with E-state index in [9.17, 15) is 0 Å². The molecule has 2 heterocycles. The molecule has 0 aromatic heterocycles. The average molecular weight is 227 g/mol. The van der Waals surface area contributed by atoms with Crippen molar-refractivity contribution >= 4 is 17.6 Å². The molecule has 2 rings (SSSR count). The Labute approximate surface area is 92.3 Å². The van der Waals surface area contributed by atoms with Gasteiger partial charge in [-0.05, 0) is 6.08 Å². The fourth-order valence-corrected chi connectivity index (χ4v) is 2.36. The molecule has 1 saturated heterocycles. The van der Waals surface area contributed by atoms with Gasteiger partial charge in [-0.2, -0.15) is 0 Å². The van der Waals surface area contributed by atoms with Crippen LogP contribution in [-0.4, -0.2) is 39.9 Å². The predicted octanol–water partition coefficient (Wildman–Crippen LogP) is 0.0520. The Morgan fingerprint density at radius 3 is 3.20 bits per heavy atom. The predicted molar refractivity (Wildman–Crippen MR) is 59.9 cm³/mol. The molecule has 2 aliphatic heterocycles. The standard InChI is InChI=1S/C9H13N3O2S/c1-6-11-7(10)2-3-12(6)8-5-15-9(4-13)14-8/h2-3,8-9,13H,1,4-5H2,(H2,10,11)/t8-,9+/m1/s1. The molecule has 15 heavy (non-hydrogen) atoms. The molecule has 82 valence electrons. The first-order chi connectivity index (χ1) is 7.20. The fourth-order valence-electron chi connectivity index (χ4n) is 1.43. The van der Waals surface area contributed by atoms with Crippen molar-refractivity contribution in [2.45, 2.75) is 11.7 Å². The van der Waals surface area contributed by atoms with Crippen LogP contribution in [0.5, 0.6) is 0 Å². The average Bonchev–Trinajstić information content (AvgIpc) is 2.66. The molecular formula is C9H13N3O2S. The van der Waals surface area contributed by atoms with Crippen LogP contribution >= 0.6 is 11.8 Å². The highest BCUT2D eigenvalue weighted by molar-refractivity contribution is 8.00. The number of aliphatic hydroxyl groups is 1. The van der Waals surface area contributed by atoms with Crippen LogP contribution in [0.1, 0.15) is 0 Å². The van der Waals surface area contributed by atoms with Gasteiger partial charge < -0.3 is 20.5 Å². The number of ether oxygens (including phenoxy) is 1. The van der Waals surface area contributed by atoms with Gasteiger partial charge in [0.05, 0.1) is 6.61 Å². The van der Waals surface area contributed by atoms with E-state index in [2.05, 4.69) is 11.6 Å². The van der Waals surface area contributed by atoms with Crippen molar-refractivity contribution in [2.75, 3.05) is 12.4 Å². The van der Waals surface area contributed by atoms with E-state index in [0.717, 1.165) is 5.75 Å². The van der Waals surface area contributed by atoms with Crippen molar-refractivity contribution in [1.29, 1.82) is 0 Å². The Balaban J connectivity index is 2.02. The van der Waals surface area contributed by atoms with Gasteiger partial charge in [0.15, 0.2) is 0 Å². The lowest BCUT2D eigenvalue weighted by molar-refractivity contribution is -0.0241. The zero-order valence-corrected chi connectivity index (χ0v) is 8.98. The Hall–Kier alpha value is -0.980. The number of aliphatic hydroxyl groups excluding tert-OH is 1. The Morgan fingerprint density at radius 2 is 2.60 bits per heavy atom. The summed E-state index contributed by atoms with van der Waals surface area (Å²) in [4.78, 5) is 5.87. The number of amidine groups is 1. The smallest absolute Gasteiger partial charge is 0.145 e. The first kappa shape index (κ1) is 10.5. The molecule has 2 aliphatic rings. The van der Waals surface area contributed by atoms with E-state index >= 15 is 0 Å². The van der Waals surface area contributed by atoms with Gasteiger partial charge in [-0.3, -0.25) is 0 Å². The van der Waals surface area contributed by atoms with Crippen LogP contribution in [0.2, 0.25) is 0 Å². The number of hydrogen-bond donors (Lipinski definition) is 2. The van der Waals surface area contributed by atoms with Crippen LogP contribution in [0.15, 0.2) is 29.7 Å². The topological polar surface area (TPSA) is 71.1 Å². The highest BCUT2D eigenvalue weighted by Gasteiger charge is 2.30. The van der Waals surface area contributed by atoms with Gasteiger partial charge in [-0.15, -0.1) is 11.8 Å². The summed E-state index contributed by atoms with van der Waals surface area (Å²) in [5, 5.41) is 8.94. The molecule has 2 atom stereocenters. The largest absolute Gasteiger partial charge is 0.393 e. The summed E-state index contributed by atoms with van der Waals surface area (Å²) in [5.41, 5.74) is 5.38.